The maximum absolute atomic E-state index is 5.04. The Morgan fingerprint density at radius 2 is 1.57 bits per heavy atom. The molecule has 0 unspecified atom stereocenters. The average molecular weight is 206 g/mol. The van der Waals surface area contributed by atoms with Crippen LogP contribution in [0, 0.1) is 0 Å². The van der Waals surface area contributed by atoms with Gasteiger partial charge in [-0.3, -0.25) is 0 Å². The van der Waals surface area contributed by atoms with Gasteiger partial charge >= 0.3 is 0 Å². The molecule has 0 aliphatic carbocycles. The topological polar surface area (TPSA) is 18.5 Å². The molecule has 0 amide bonds. The van der Waals surface area contributed by atoms with E-state index >= 15 is 0 Å². The molecule has 0 spiro atoms. The maximum Gasteiger partial charge on any atom is 0.0518 e. The molecule has 0 N–H and O–H groups in total. The summed E-state index contributed by atoms with van der Waals surface area (Å²) in [6, 6.07) is 0. The van der Waals surface area contributed by atoms with Gasteiger partial charge in [0.05, 0.1) is 6.10 Å². The molecule has 0 aliphatic rings. The maximum atomic E-state index is 5.04. The molecular formula is C12H30O2. The molecule has 2 nitrogen and oxygen atoms in total. The zero-order chi connectivity index (χ0) is 11.8. The molecule has 0 saturated carbocycles. The molecule has 0 saturated heterocycles. The number of methoxy groups -OCH3 is 1. The van der Waals surface area contributed by atoms with E-state index in [1.54, 1.807) is 7.11 Å². The van der Waals surface area contributed by atoms with Crippen molar-refractivity contribution < 1.29 is 9.47 Å². The van der Waals surface area contributed by atoms with Gasteiger partial charge in [-0.05, 0) is 27.2 Å². The quantitative estimate of drug-likeness (QED) is 0.635. The van der Waals surface area contributed by atoms with E-state index in [0.717, 1.165) is 13.2 Å². The van der Waals surface area contributed by atoms with E-state index in [1.165, 1.54) is 12.8 Å². The number of hydrogen-bond acceptors (Lipinski definition) is 2. The van der Waals surface area contributed by atoms with Crippen LogP contribution in [0.2, 0.25) is 0 Å². The van der Waals surface area contributed by atoms with Gasteiger partial charge < -0.3 is 9.47 Å². The Balaban J connectivity index is -0.000000147. The van der Waals surface area contributed by atoms with Crippen molar-refractivity contribution in [3.8, 4) is 0 Å². The minimum absolute atomic E-state index is 0.398. The molecule has 0 aromatic rings. The predicted octanol–water partition coefficient (Wildman–Crippen LogP) is 3.89. The smallest absolute Gasteiger partial charge is 0.0518 e. The first kappa shape index (κ1) is 19.5. The second-order valence-corrected chi connectivity index (χ2v) is 2.85. The van der Waals surface area contributed by atoms with Crippen molar-refractivity contribution in [3.63, 3.8) is 0 Å². The van der Waals surface area contributed by atoms with Gasteiger partial charge in [-0.15, -0.1) is 0 Å². The van der Waals surface area contributed by atoms with Crippen molar-refractivity contribution in [2.75, 3.05) is 20.3 Å². The van der Waals surface area contributed by atoms with E-state index in [4.69, 9.17) is 9.47 Å². The van der Waals surface area contributed by atoms with Crippen molar-refractivity contribution in [2.24, 2.45) is 0 Å². The Labute approximate surface area is 91.0 Å². The lowest BCUT2D eigenvalue weighted by Gasteiger charge is -2.00. The van der Waals surface area contributed by atoms with Gasteiger partial charge in [0.15, 0.2) is 0 Å². The van der Waals surface area contributed by atoms with Crippen molar-refractivity contribution in [3.05, 3.63) is 0 Å². The summed E-state index contributed by atoms with van der Waals surface area (Å²) in [6.45, 7) is 14.0. The van der Waals surface area contributed by atoms with Crippen LogP contribution in [0.15, 0.2) is 0 Å². The van der Waals surface area contributed by atoms with Crippen LogP contribution < -0.4 is 0 Å². The van der Waals surface area contributed by atoms with Gasteiger partial charge in [0.2, 0.25) is 0 Å². The highest BCUT2D eigenvalue weighted by Gasteiger charge is 1.83. The van der Waals surface area contributed by atoms with E-state index in [-0.39, 0.29) is 0 Å². The van der Waals surface area contributed by atoms with Gasteiger partial charge in [-0.2, -0.15) is 0 Å². The van der Waals surface area contributed by atoms with Crippen molar-refractivity contribution in [1.29, 1.82) is 0 Å². The van der Waals surface area contributed by atoms with Crippen molar-refractivity contribution in [1.82, 2.24) is 0 Å². The molecule has 0 fully saturated rings. The second kappa shape index (κ2) is 23.1. The van der Waals surface area contributed by atoms with Crippen LogP contribution in [0.25, 0.3) is 0 Å². The molecule has 0 heterocycles. The summed E-state index contributed by atoms with van der Waals surface area (Å²) in [5.41, 5.74) is 0. The predicted molar refractivity (Wildman–Crippen MR) is 64.9 cm³/mol. The number of unbranched alkanes of at least 4 members (excludes halogenated alkanes) is 1. The molecule has 0 atom stereocenters. The molecule has 0 radical (unpaired) electrons. The van der Waals surface area contributed by atoms with Crippen LogP contribution in [-0.2, 0) is 9.47 Å². The lowest BCUT2D eigenvalue weighted by molar-refractivity contribution is 0.0899. The summed E-state index contributed by atoms with van der Waals surface area (Å²) >= 11 is 0. The monoisotopic (exact) mass is 206 g/mol. The van der Waals surface area contributed by atoms with Crippen LogP contribution in [0.1, 0.15) is 54.4 Å². The van der Waals surface area contributed by atoms with Gasteiger partial charge in [0.1, 0.15) is 0 Å². The third kappa shape index (κ3) is 40.6. The summed E-state index contributed by atoms with van der Waals surface area (Å²) in [5.74, 6) is 0. The first-order chi connectivity index (χ1) is 6.68. The molecular weight excluding hydrogens is 176 g/mol. The number of ether oxygens (including phenoxy) is 2. The molecule has 14 heavy (non-hydrogen) atoms. The Kier molecular flexibility index (Phi) is 32.1. The summed E-state index contributed by atoms with van der Waals surface area (Å²) in [5, 5.41) is 0. The third-order valence-electron chi connectivity index (χ3n) is 1.20. The third-order valence-corrected chi connectivity index (χ3v) is 1.20. The molecule has 0 aliphatic heterocycles. The van der Waals surface area contributed by atoms with E-state index in [1.807, 2.05) is 34.6 Å². The Morgan fingerprint density at radius 1 is 1.07 bits per heavy atom. The normalized spacial score (nSPS) is 8.57. The molecule has 2 heteroatoms. The first-order valence-electron chi connectivity index (χ1n) is 5.79. The fourth-order valence-electron chi connectivity index (χ4n) is 0.622. The Hall–Kier alpha value is -0.0800. The van der Waals surface area contributed by atoms with Crippen LogP contribution in [0.3, 0.4) is 0 Å². The fraction of sp³-hybridized carbons (Fsp3) is 1.00. The standard InChI is InChI=1S/2C5H12O.C2H6/c1-4-6-5(2)3;1-3-4-5-6-2;1-2/h5H,4H2,1-3H3;3-5H2,1-2H3;1-2H3. The Bertz CT molecular complexity index is 59.3. The highest BCUT2D eigenvalue weighted by Crippen LogP contribution is 1.83. The Morgan fingerprint density at radius 3 is 1.64 bits per heavy atom. The van der Waals surface area contributed by atoms with Crippen LogP contribution in [0.4, 0.5) is 0 Å². The average Bonchev–Trinajstić information content (AvgIpc) is 2.18. The van der Waals surface area contributed by atoms with Crippen molar-refractivity contribution in [2.45, 2.75) is 60.5 Å². The van der Waals surface area contributed by atoms with Gasteiger partial charge in [-0.1, -0.05) is 27.2 Å². The molecule has 90 valence electrons. The second-order valence-electron chi connectivity index (χ2n) is 2.85. The summed E-state index contributed by atoms with van der Waals surface area (Å²) in [6.07, 6.45) is 2.82. The largest absolute Gasteiger partial charge is 0.385 e. The van der Waals surface area contributed by atoms with E-state index < -0.39 is 0 Å². The zero-order valence-electron chi connectivity index (χ0n) is 11.2. The SMILES string of the molecule is CC.CCCCOC.CCOC(C)C. The van der Waals surface area contributed by atoms with Gasteiger partial charge in [-0.25, -0.2) is 0 Å². The van der Waals surface area contributed by atoms with E-state index in [0.29, 0.717) is 6.10 Å². The number of rotatable bonds is 5. The first-order valence-corrected chi connectivity index (χ1v) is 5.79. The molecule has 0 aromatic carbocycles. The summed E-state index contributed by atoms with van der Waals surface area (Å²) in [7, 11) is 1.73. The summed E-state index contributed by atoms with van der Waals surface area (Å²) in [4.78, 5) is 0. The minimum atomic E-state index is 0.398. The molecule has 0 bridgehead atoms. The molecule has 0 aromatic heterocycles. The highest BCUT2D eigenvalue weighted by atomic mass is 16.5. The lowest BCUT2D eigenvalue weighted by atomic mass is 10.4. The van der Waals surface area contributed by atoms with E-state index in [2.05, 4.69) is 6.92 Å². The minimum Gasteiger partial charge on any atom is -0.385 e. The highest BCUT2D eigenvalue weighted by molar-refractivity contribution is 4.30. The van der Waals surface area contributed by atoms with E-state index in [9.17, 15) is 0 Å². The van der Waals surface area contributed by atoms with Gasteiger partial charge in [0.25, 0.3) is 0 Å². The fourth-order valence-corrected chi connectivity index (χ4v) is 0.622. The van der Waals surface area contributed by atoms with Crippen LogP contribution >= 0.6 is 0 Å². The lowest BCUT2D eigenvalue weighted by Crippen LogP contribution is -1.99. The van der Waals surface area contributed by atoms with Crippen LogP contribution in [0.5, 0.6) is 0 Å². The summed E-state index contributed by atoms with van der Waals surface area (Å²) < 4.78 is 9.82. The van der Waals surface area contributed by atoms with Crippen LogP contribution in [-0.4, -0.2) is 26.4 Å². The van der Waals surface area contributed by atoms with Crippen molar-refractivity contribution >= 4 is 0 Å². The number of hydrogen-bond donors (Lipinski definition) is 0. The molecule has 0 rings (SSSR count). The van der Waals surface area contributed by atoms with Gasteiger partial charge in [0, 0.05) is 20.3 Å². The zero-order valence-corrected chi connectivity index (χ0v) is 11.2.